The number of hydrogen-bond donors (Lipinski definition) is 1. The van der Waals surface area contributed by atoms with Gasteiger partial charge in [0.2, 0.25) is 0 Å². The third kappa shape index (κ3) is 4.75. The number of alkyl halides is 3. The molecule has 0 aromatic heterocycles. The predicted octanol–water partition coefficient (Wildman–Crippen LogP) is 5.86. The van der Waals surface area contributed by atoms with E-state index in [0.717, 1.165) is 28.8 Å². The zero-order chi connectivity index (χ0) is 21.3. The van der Waals surface area contributed by atoms with Crippen LogP contribution in [-0.2, 0) is 11.0 Å². The number of aliphatic carboxylic acids is 1. The van der Waals surface area contributed by atoms with Gasteiger partial charge >= 0.3 is 12.1 Å². The Morgan fingerprint density at radius 3 is 2.34 bits per heavy atom. The van der Waals surface area contributed by atoms with Crippen LogP contribution >= 0.6 is 11.6 Å². The summed E-state index contributed by atoms with van der Waals surface area (Å²) in [4.78, 5) is 13.4. The summed E-state index contributed by atoms with van der Waals surface area (Å²) in [6.45, 7) is 4.81. The van der Waals surface area contributed by atoms with Crippen molar-refractivity contribution in [3.63, 3.8) is 0 Å². The van der Waals surface area contributed by atoms with Gasteiger partial charge in [-0.05, 0) is 74.7 Å². The molecule has 3 rings (SSSR count). The highest BCUT2D eigenvalue weighted by molar-refractivity contribution is 6.31. The van der Waals surface area contributed by atoms with E-state index in [4.69, 9.17) is 11.6 Å². The average molecular weight is 426 g/mol. The second-order valence-electron chi connectivity index (χ2n) is 7.65. The van der Waals surface area contributed by atoms with Crippen LogP contribution in [0.5, 0.6) is 0 Å². The Morgan fingerprint density at radius 2 is 1.76 bits per heavy atom. The van der Waals surface area contributed by atoms with Gasteiger partial charge in [-0.2, -0.15) is 13.2 Å². The highest BCUT2D eigenvalue weighted by Gasteiger charge is 2.35. The summed E-state index contributed by atoms with van der Waals surface area (Å²) in [5, 5.41) is 9.55. The normalized spacial score (nSPS) is 17.3. The monoisotopic (exact) mass is 425 g/mol. The molecule has 0 radical (unpaired) electrons. The standard InChI is InChI=1S/C22H23ClF3NO2/c1-13-3-4-14(2)17(11-13)20(27-9-7-15(8-10-27)21(28)29)18-12-16(22(24,25)26)5-6-19(18)23/h3-6,11-12,15,20H,7-10H2,1-2H3,(H,28,29). The SMILES string of the molecule is Cc1ccc(C)c(C(c2cc(C(F)(F)F)ccc2Cl)N2CCC(C(=O)O)CC2)c1. The van der Waals surface area contributed by atoms with E-state index in [2.05, 4.69) is 0 Å². The van der Waals surface area contributed by atoms with Crippen LogP contribution in [-0.4, -0.2) is 29.1 Å². The van der Waals surface area contributed by atoms with E-state index in [0.29, 0.717) is 31.5 Å². The minimum atomic E-state index is -4.47. The van der Waals surface area contributed by atoms with Crippen molar-refractivity contribution in [2.45, 2.75) is 38.9 Å². The summed E-state index contributed by atoms with van der Waals surface area (Å²) < 4.78 is 40.1. The summed E-state index contributed by atoms with van der Waals surface area (Å²) in [6, 6.07) is 8.81. The zero-order valence-electron chi connectivity index (χ0n) is 16.3. The van der Waals surface area contributed by atoms with Crippen molar-refractivity contribution in [3.8, 4) is 0 Å². The van der Waals surface area contributed by atoms with Gasteiger partial charge in [-0.3, -0.25) is 9.69 Å². The maximum absolute atomic E-state index is 13.4. The fourth-order valence-electron chi connectivity index (χ4n) is 3.95. The van der Waals surface area contributed by atoms with Gasteiger partial charge in [-0.1, -0.05) is 35.4 Å². The highest BCUT2D eigenvalue weighted by atomic mass is 35.5. The first kappa shape index (κ1) is 21.7. The Morgan fingerprint density at radius 1 is 1.10 bits per heavy atom. The summed E-state index contributed by atoms with van der Waals surface area (Å²) in [6.07, 6.45) is -3.57. The first-order valence-corrected chi connectivity index (χ1v) is 9.86. The molecule has 3 nitrogen and oxygen atoms in total. The number of rotatable bonds is 4. The van der Waals surface area contributed by atoms with Gasteiger partial charge in [-0.25, -0.2) is 0 Å². The summed E-state index contributed by atoms with van der Waals surface area (Å²) in [7, 11) is 0. The number of carboxylic acid groups (broad SMARTS) is 1. The van der Waals surface area contributed by atoms with E-state index < -0.39 is 29.7 Å². The number of carbonyl (C=O) groups is 1. The van der Waals surface area contributed by atoms with Crippen molar-refractivity contribution in [2.75, 3.05) is 13.1 Å². The molecule has 0 amide bonds. The van der Waals surface area contributed by atoms with Crippen LogP contribution < -0.4 is 0 Å². The smallest absolute Gasteiger partial charge is 0.416 e. The molecule has 1 atom stereocenters. The third-order valence-electron chi connectivity index (χ3n) is 5.59. The minimum absolute atomic E-state index is 0.268. The van der Waals surface area contributed by atoms with E-state index in [1.165, 1.54) is 6.07 Å². The molecule has 2 aromatic rings. The van der Waals surface area contributed by atoms with Gasteiger partial charge in [0, 0.05) is 5.02 Å². The molecule has 1 aliphatic heterocycles. The zero-order valence-corrected chi connectivity index (χ0v) is 17.0. The lowest BCUT2D eigenvalue weighted by atomic mass is 9.88. The van der Waals surface area contributed by atoms with Crippen molar-refractivity contribution in [3.05, 3.63) is 69.2 Å². The maximum Gasteiger partial charge on any atom is 0.416 e. The minimum Gasteiger partial charge on any atom is -0.481 e. The van der Waals surface area contributed by atoms with Crippen LogP contribution in [0, 0.1) is 19.8 Å². The molecule has 0 aliphatic carbocycles. The lowest BCUT2D eigenvalue weighted by Crippen LogP contribution is -2.39. The number of carboxylic acids is 1. The molecule has 1 fully saturated rings. The van der Waals surface area contributed by atoms with Crippen molar-refractivity contribution in [1.82, 2.24) is 4.90 Å². The number of nitrogens with zero attached hydrogens (tertiary/aromatic N) is 1. The van der Waals surface area contributed by atoms with Crippen LogP contribution in [0.2, 0.25) is 5.02 Å². The molecule has 1 aliphatic rings. The summed E-state index contributed by atoms with van der Waals surface area (Å²) >= 11 is 6.39. The largest absolute Gasteiger partial charge is 0.481 e. The molecule has 2 aromatic carbocycles. The van der Waals surface area contributed by atoms with Gasteiger partial charge in [-0.15, -0.1) is 0 Å². The van der Waals surface area contributed by atoms with Crippen LogP contribution in [0.15, 0.2) is 36.4 Å². The first-order chi connectivity index (χ1) is 13.6. The van der Waals surface area contributed by atoms with Crippen LogP contribution in [0.3, 0.4) is 0 Å². The Bertz CT molecular complexity index is 905. The number of likely N-dealkylation sites (tertiary alicyclic amines) is 1. The molecule has 1 unspecified atom stereocenters. The summed E-state index contributed by atoms with van der Waals surface area (Å²) in [5.74, 6) is -1.26. The first-order valence-electron chi connectivity index (χ1n) is 9.48. The fraction of sp³-hybridized carbons (Fsp3) is 0.409. The molecule has 0 saturated carbocycles. The molecule has 0 bridgehead atoms. The number of piperidine rings is 1. The van der Waals surface area contributed by atoms with E-state index in [1.807, 2.05) is 36.9 Å². The lowest BCUT2D eigenvalue weighted by molar-refractivity contribution is -0.143. The Balaban J connectivity index is 2.10. The van der Waals surface area contributed by atoms with E-state index in [1.54, 1.807) is 0 Å². The van der Waals surface area contributed by atoms with Gasteiger partial charge in [0.1, 0.15) is 0 Å². The molecule has 29 heavy (non-hydrogen) atoms. The predicted molar refractivity (Wildman–Crippen MR) is 106 cm³/mol. The van der Waals surface area contributed by atoms with Crippen LogP contribution in [0.1, 0.15) is 46.7 Å². The molecule has 0 spiro atoms. The Labute approximate surface area is 173 Å². The van der Waals surface area contributed by atoms with Gasteiger partial charge in [0.25, 0.3) is 0 Å². The Hall–Kier alpha value is -2.05. The maximum atomic E-state index is 13.4. The molecule has 1 heterocycles. The molecule has 7 heteroatoms. The van der Waals surface area contributed by atoms with Gasteiger partial charge in [0.15, 0.2) is 0 Å². The van der Waals surface area contributed by atoms with Crippen molar-refractivity contribution in [1.29, 1.82) is 0 Å². The number of aryl methyl sites for hydroxylation is 2. The lowest BCUT2D eigenvalue weighted by Gasteiger charge is -2.38. The number of halogens is 4. The topological polar surface area (TPSA) is 40.5 Å². The van der Waals surface area contributed by atoms with E-state index >= 15 is 0 Å². The van der Waals surface area contributed by atoms with Gasteiger partial charge in [0.05, 0.1) is 17.5 Å². The second-order valence-corrected chi connectivity index (χ2v) is 8.05. The summed E-state index contributed by atoms with van der Waals surface area (Å²) in [5.41, 5.74) is 2.49. The average Bonchev–Trinajstić information content (AvgIpc) is 2.65. The molecular formula is C22H23ClF3NO2. The third-order valence-corrected chi connectivity index (χ3v) is 5.94. The molecular weight excluding hydrogens is 403 g/mol. The van der Waals surface area contributed by atoms with Crippen LogP contribution in [0.25, 0.3) is 0 Å². The quantitative estimate of drug-likeness (QED) is 0.666. The van der Waals surface area contributed by atoms with Crippen LogP contribution in [0.4, 0.5) is 13.2 Å². The van der Waals surface area contributed by atoms with Crippen molar-refractivity contribution >= 4 is 17.6 Å². The fourth-order valence-corrected chi connectivity index (χ4v) is 4.17. The Kier molecular flexibility index (Phi) is 6.24. The van der Waals surface area contributed by atoms with Gasteiger partial charge < -0.3 is 5.11 Å². The number of hydrogen-bond acceptors (Lipinski definition) is 2. The molecule has 1 N–H and O–H groups in total. The second kappa shape index (κ2) is 8.36. The van der Waals surface area contributed by atoms with E-state index in [9.17, 15) is 23.1 Å². The molecule has 1 saturated heterocycles. The van der Waals surface area contributed by atoms with E-state index in [-0.39, 0.29) is 5.02 Å². The number of benzene rings is 2. The highest BCUT2D eigenvalue weighted by Crippen LogP contribution is 2.40. The van der Waals surface area contributed by atoms with Crippen molar-refractivity contribution in [2.24, 2.45) is 5.92 Å². The van der Waals surface area contributed by atoms with Crippen molar-refractivity contribution < 1.29 is 23.1 Å². The molecule has 156 valence electrons.